The number of rotatable bonds is 6. The average Bonchev–Trinajstić information content (AvgIpc) is 2.95. The molecule has 1 heterocycles. The zero-order valence-corrected chi connectivity index (χ0v) is 13.1. The van der Waals surface area contributed by atoms with Crippen LogP contribution >= 0.6 is 0 Å². The van der Waals surface area contributed by atoms with Crippen LogP contribution in [0.1, 0.15) is 32.3 Å². The summed E-state index contributed by atoms with van der Waals surface area (Å²) in [6.07, 6.45) is 1.82. The lowest BCUT2D eigenvalue weighted by Crippen LogP contribution is -2.26. The molecular weight excluding hydrogens is 262 g/mol. The fourth-order valence-corrected chi connectivity index (χ4v) is 2.82. The van der Waals surface area contributed by atoms with Crippen molar-refractivity contribution in [1.82, 2.24) is 4.90 Å². The van der Waals surface area contributed by atoms with E-state index in [0.717, 1.165) is 42.7 Å². The van der Waals surface area contributed by atoms with Crippen molar-refractivity contribution in [3.05, 3.63) is 29.8 Å². The molecule has 21 heavy (non-hydrogen) atoms. The quantitative estimate of drug-likeness (QED) is 0.845. The van der Waals surface area contributed by atoms with Crippen LogP contribution in [0.2, 0.25) is 0 Å². The fraction of sp³-hybridized carbons (Fsp3) is 0.588. The number of nitrogens with two attached hydrogens (primary N) is 1. The zero-order chi connectivity index (χ0) is 15.2. The first kappa shape index (κ1) is 16.0. The molecule has 0 spiro atoms. The van der Waals surface area contributed by atoms with Gasteiger partial charge in [-0.05, 0) is 42.5 Å². The molecule has 0 aromatic heterocycles. The normalized spacial score (nSPS) is 19.1. The monoisotopic (exact) mass is 289 g/mol. The van der Waals surface area contributed by atoms with Crippen LogP contribution in [0.25, 0.3) is 0 Å². The molecule has 1 saturated heterocycles. The van der Waals surface area contributed by atoms with Crippen LogP contribution in [0.3, 0.4) is 0 Å². The summed E-state index contributed by atoms with van der Waals surface area (Å²) in [7, 11) is 0. The van der Waals surface area contributed by atoms with Crippen molar-refractivity contribution in [2.24, 2.45) is 17.6 Å². The minimum atomic E-state index is 0.0866. The lowest BCUT2D eigenvalue weighted by Gasteiger charge is -2.17. The van der Waals surface area contributed by atoms with Gasteiger partial charge >= 0.3 is 0 Å². The van der Waals surface area contributed by atoms with Crippen molar-refractivity contribution in [3.8, 4) is 0 Å². The Morgan fingerprint density at radius 1 is 1.38 bits per heavy atom. The Kier molecular flexibility index (Phi) is 5.76. The van der Waals surface area contributed by atoms with Crippen LogP contribution in [0.15, 0.2) is 24.3 Å². The minimum absolute atomic E-state index is 0.0866. The Morgan fingerprint density at radius 3 is 2.67 bits per heavy atom. The number of carbonyl (C=O) groups excluding carboxylic acids is 1. The molecule has 0 aliphatic carbocycles. The lowest BCUT2D eigenvalue weighted by atomic mass is 9.95. The minimum Gasteiger partial charge on any atom is -0.326 e. The number of carbonyl (C=O) groups is 1. The maximum absolute atomic E-state index is 12.0. The molecule has 4 nitrogen and oxygen atoms in total. The second kappa shape index (κ2) is 7.57. The molecule has 1 aromatic carbocycles. The number of nitrogens with one attached hydrogen (secondary N) is 1. The van der Waals surface area contributed by atoms with Crippen molar-refractivity contribution in [1.29, 1.82) is 0 Å². The summed E-state index contributed by atoms with van der Waals surface area (Å²) in [6, 6.07) is 7.71. The Balaban J connectivity index is 1.72. The Morgan fingerprint density at radius 2 is 2.10 bits per heavy atom. The highest BCUT2D eigenvalue weighted by Crippen LogP contribution is 2.23. The van der Waals surface area contributed by atoms with E-state index in [1.54, 1.807) is 0 Å². The number of hydrogen-bond donors (Lipinski definition) is 2. The SMILES string of the molecule is CC(C)C1CCN(CCC(=O)Nc2ccc(CN)cc2)C1. The highest BCUT2D eigenvalue weighted by Gasteiger charge is 2.24. The first-order valence-electron chi connectivity index (χ1n) is 7.89. The van der Waals surface area contributed by atoms with Crippen molar-refractivity contribution in [3.63, 3.8) is 0 Å². The van der Waals surface area contributed by atoms with Crippen molar-refractivity contribution >= 4 is 11.6 Å². The third-order valence-electron chi connectivity index (χ3n) is 4.38. The van der Waals surface area contributed by atoms with E-state index in [9.17, 15) is 4.79 Å². The number of anilines is 1. The summed E-state index contributed by atoms with van der Waals surface area (Å²) in [5.41, 5.74) is 7.48. The number of amides is 1. The molecule has 4 heteroatoms. The molecule has 1 unspecified atom stereocenters. The average molecular weight is 289 g/mol. The molecule has 1 amide bonds. The number of likely N-dealkylation sites (tertiary alicyclic amines) is 1. The van der Waals surface area contributed by atoms with Gasteiger partial charge in [0, 0.05) is 31.7 Å². The lowest BCUT2D eigenvalue weighted by molar-refractivity contribution is -0.116. The third kappa shape index (κ3) is 4.83. The molecule has 1 fully saturated rings. The Bertz CT molecular complexity index is 456. The van der Waals surface area contributed by atoms with Crippen molar-refractivity contribution in [2.45, 2.75) is 33.2 Å². The van der Waals surface area contributed by atoms with Gasteiger partial charge in [-0.1, -0.05) is 26.0 Å². The molecule has 0 radical (unpaired) electrons. The van der Waals surface area contributed by atoms with Gasteiger partial charge in [-0.15, -0.1) is 0 Å². The molecule has 3 N–H and O–H groups in total. The Hall–Kier alpha value is -1.39. The van der Waals surface area contributed by atoms with E-state index in [1.807, 2.05) is 24.3 Å². The van der Waals surface area contributed by atoms with Gasteiger partial charge in [-0.3, -0.25) is 4.79 Å². The largest absolute Gasteiger partial charge is 0.326 e. The highest BCUT2D eigenvalue weighted by molar-refractivity contribution is 5.90. The summed E-state index contributed by atoms with van der Waals surface area (Å²) < 4.78 is 0. The van der Waals surface area contributed by atoms with Gasteiger partial charge in [0.2, 0.25) is 5.91 Å². The summed E-state index contributed by atoms with van der Waals surface area (Å²) in [4.78, 5) is 14.4. The Labute approximate surface area is 127 Å². The number of hydrogen-bond acceptors (Lipinski definition) is 3. The van der Waals surface area contributed by atoms with Crippen LogP contribution in [0, 0.1) is 11.8 Å². The van der Waals surface area contributed by atoms with E-state index < -0.39 is 0 Å². The van der Waals surface area contributed by atoms with Gasteiger partial charge in [0.05, 0.1) is 0 Å². The van der Waals surface area contributed by atoms with E-state index in [-0.39, 0.29) is 5.91 Å². The van der Waals surface area contributed by atoms with E-state index in [2.05, 4.69) is 24.1 Å². The van der Waals surface area contributed by atoms with Crippen molar-refractivity contribution in [2.75, 3.05) is 25.0 Å². The van der Waals surface area contributed by atoms with Crippen LogP contribution in [0.4, 0.5) is 5.69 Å². The van der Waals surface area contributed by atoms with E-state index in [4.69, 9.17) is 5.73 Å². The zero-order valence-electron chi connectivity index (χ0n) is 13.1. The first-order valence-corrected chi connectivity index (χ1v) is 7.89. The van der Waals surface area contributed by atoms with Gasteiger partial charge in [0.15, 0.2) is 0 Å². The predicted molar refractivity (Wildman–Crippen MR) is 87.0 cm³/mol. The second-order valence-electron chi connectivity index (χ2n) is 6.29. The standard InChI is InChI=1S/C17H27N3O/c1-13(2)15-7-9-20(12-15)10-8-17(21)19-16-5-3-14(11-18)4-6-16/h3-6,13,15H,7-12,18H2,1-2H3,(H,19,21). The molecule has 1 aliphatic heterocycles. The molecule has 0 saturated carbocycles. The van der Waals surface area contributed by atoms with Gasteiger partial charge in [0.25, 0.3) is 0 Å². The van der Waals surface area contributed by atoms with E-state index in [0.29, 0.717) is 13.0 Å². The number of benzene rings is 1. The molecule has 0 bridgehead atoms. The molecule has 1 aliphatic rings. The predicted octanol–water partition coefficient (Wildman–Crippen LogP) is 2.45. The van der Waals surface area contributed by atoms with E-state index >= 15 is 0 Å². The van der Waals surface area contributed by atoms with Gasteiger partial charge in [-0.25, -0.2) is 0 Å². The highest BCUT2D eigenvalue weighted by atomic mass is 16.1. The maximum atomic E-state index is 12.0. The smallest absolute Gasteiger partial charge is 0.225 e. The van der Waals surface area contributed by atoms with Crippen LogP contribution in [0.5, 0.6) is 0 Å². The van der Waals surface area contributed by atoms with Crippen LogP contribution < -0.4 is 11.1 Å². The van der Waals surface area contributed by atoms with Crippen LogP contribution in [-0.2, 0) is 11.3 Å². The topological polar surface area (TPSA) is 58.4 Å². The third-order valence-corrected chi connectivity index (χ3v) is 4.38. The molecule has 116 valence electrons. The van der Waals surface area contributed by atoms with Crippen molar-refractivity contribution < 1.29 is 4.79 Å². The molecule has 1 atom stereocenters. The summed E-state index contributed by atoms with van der Waals surface area (Å²) in [5.74, 6) is 1.62. The van der Waals surface area contributed by atoms with Crippen LogP contribution in [-0.4, -0.2) is 30.4 Å². The second-order valence-corrected chi connectivity index (χ2v) is 6.29. The van der Waals surface area contributed by atoms with Gasteiger partial charge in [0.1, 0.15) is 0 Å². The molecule has 1 aromatic rings. The molecule has 2 rings (SSSR count). The summed E-state index contributed by atoms with van der Waals surface area (Å²) >= 11 is 0. The molecular formula is C17H27N3O. The fourth-order valence-electron chi connectivity index (χ4n) is 2.82. The van der Waals surface area contributed by atoms with Gasteiger partial charge < -0.3 is 16.0 Å². The maximum Gasteiger partial charge on any atom is 0.225 e. The summed E-state index contributed by atoms with van der Waals surface area (Å²) in [6.45, 7) is 8.21. The summed E-state index contributed by atoms with van der Waals surface area (Å²) in [5, 5.41) is 2.94. The van der Waals surface area contributed by atoms with Gasteiger partial charge in [-0.2, -0.15) is 0 Å². The number of nitrogens with zero attached hydrogens (tertiary/aromatic N) is 1. The van der Waals surface area contributed by atoms with E-state index in [1.165, 1.54) is 6.42 Å². The first-order chi connectivity index (χ1) is 10.1.